The summed E-state index contributed by atoms with van der Waals surface area (Å²) in [6, 6.07) is 57.4. The maximum atomic E-state index is 4.89. The van der Waals surface area contributed by atoms with Gasteiger partial charge in [-0.25, -0.2) is 9.97 Å². The Balaban J connectivity index is 0.000000180. The molecule has 0 amide bonds. The third-order valence-corrected chi connectivity index (χ3v) is 7.74. The fourth-order valence-electron chi connectivity index (χ4n) is 4.97. The number of ether oxygens (including phenoxy) is 4. The molecule has 57 heavy (non-hydrogen) atoms. The van der Waals surface area contributed by atoms with Gasteiger partial charge in [-0.3, -0.25) is 0 Å². The molecule has 0 radical (unpaired) electrons. The summed E-state index contributed by atoms with van der Waals surface area (Å²) >= 11 is 0. The minimum absolute atomic E-state index is 0. The molecule has 0 spiro atoms. The van der Waals surface area contributed by atoms with Gasteiger partial charge in [0.2, 0.25) is 0 Å². The van der Waals surface area contributed by atoms with Crippen molar-refractivity contribution in [3.8, 4) is 23.0 Å². The van der Waals surface area contributed by atoms with Crippen LogP contribution in [0, 0.1) is 24.3 Å². The van der Waals surface area contributed by atoms with Crippen molar-refractivity contribution in [2.75, 3.05) is 28.4 Å². The Bertz CT molecular complexity index is 2170. The van der Waals surface area contributed by atoms with Crippen LogP contribution >= 0.6 is 0 Å². The fourth-order valence-corrected chi connectivity index (χ4v) is 4.97. The maximum absolute atomic E-state index is 4.89. The van der Waals surface area contributed by atoms with Crippen LogP contribution in [0.25, 0.3) is 46.4 Å². The van der Waals surface area contributed by atoms with Crippen LogP contribution in [0.3, 0.4) is 0 Å². The first-order chi connectivity index (χ1) is 27.5. The standard InChI is InChI=1S/C20H14N4.4C7H7O.Zn/c1-2-14-10-16-5-6-18(23-16)12-20-8-7-19(24-20)11-17-4-3-15(22-17)9-13(1)21-14;4*1-8-7-5-3-2-4-6-7;/h1-12,21-22H;4*3-6H,1H3;/q;4*-1;. The van der Waals surface area contributed by atoms with Crippen LogP contribution in [0.1, 0.15) is 22.8 Å². The van der Waals surface area contributed by atoms with Crippen LogP contribution in [-0.2, 0) is 19.5 Å². The molecule has 0 atom stereocenters. The van der Waals surface area contributed by atoms with Crippen molar-refractivity contribution in [3.63, 3.8) is 0 Å². The largest absolute Gasteiger partial charge is 0.522 e. The summed E-state index contributed by atoms with van der Waals surface area (Å²) in [7, 11) is 6.59. The van der Waals surface area contributed by atoms with E-state index in [1.54, 1.807) is 28.4 Å². The monoisotopic (exact) mass is 802 g/mol. The summed E-state index contributed by atoms with van der Waals surface area (Å²) in [4.78, 5) is 16.0. The maximum Gasteiger partial charge on any atom is 0.0743 e. The van der Waals surface area contributed by atoms with E-state index < -0.39 is 0 Å². The average molecular weight is 804 g/mol. The Kier molecular flexibility index (Phi) is 18.1. The number of aromatic nitrogens is 4. The van der Waals surface area contributed by atoms with E-state index in [0.29, 0.717) is 0 Å². The molecule has 7 aromatic rings. The van der Waals surface area contributed by atoms with Gasteiger partial charge in [0.05, 0.1) is 51.2 Å². The first kappa shape index (κ1) is 43.0. The zero-order valence-electron chi connectivity index (χ0n) is 32.4. The molecule has 8 bridgehead atoms. The third kappa shape index (κ3) is 15.2. The summed E-state index contributed by atoms with van der Waals surface area (Å²) in [6.45, 7) is 0. The molecule has 2 aliphatic rings. The van der Waals surface area contributed by atoms with Crippen LogP contribution in [0.4, 0.5) is 0 Å². The number of nitrogens with zero attached hydrogens (tertiary/aromatic N) is 2. The molecule has 9 heteroatoms. The number of fused-ring (bicyclic) bond motifs is 8. The second-order valence-electron chi connectivity index (χ2n) is 11.7. The Labute approximate surface area is 347 Å². The van der Waals surface area contributed by atoms with E-state index in [-0.39, 0.29) is 19.5 Å². The van der Waals surface area contributed by atoms with Gasteiger partial charge in [0.25, 0.3) is 0 Å². The van der Waals surface area contributed by atoms with Crippen LogP contribution in [0.2, 0.25) is 0 Å². The zero-order chi connectivity index (χ0) is 39.2. The molecule has 0 saturated carbocycles. The van der Waals surface area contributed by atoms with Gasteiger partial charge < -0.3 is 28.9 Å². The summed E-state index contributed by atoms with van der Waals surface area (Å²) in [5.74, 6) is 3.51. The van der Waals surface area contributed by atoms with Gasteiger partial charge in [-0.05, 0) is 72.8 Å². The molecule has 5 heterocycles. The first-order valence-corrected chi connectivity index (χ1v) is 17.6. The van der Waals surface area contributed by atoms with Crippen molar-refractivity contribution >= 4 is 46.4 Å². The van der Waals surface area contributed by atoms with Gasteiger partial charge in [0.1, 0.15) is 0 Å². The van der Waals surface area contributed by atoms with Gasteiger partial charge >= 0.3 is 0 Å². The molecule has 0 fully saturated rings. The van der Waals surface area contributed by atoms with Crippen molar-refractivity contribution in [1.82, 2.24) is 19.9 Å². The Morgan fingerprint density at radius 2 is 0.596 bits per heavy atom. The summed E-state index contributed by atoms with van der Waals surface area (Å²) in [6.07, 6.45) is 8.05. The van der Waals surface area contributed by atoms with Crippen LogP contribution < -0.4 is 18.9 Å². The normalized spacial score (nSPS) is 10.2. The number of hydrogen-bond donors (Lipinski definition) is 2. The van der Waals surface area contributed by atoms with E-state index in [1.807, 2.05) is 140 Å². The molecular formula is C48H42N4O4Zn-4. The SMILES string of the molecule is C1=Cc2cc3ccc(cc4ccc(cc5nc(cc1n2)C=C5)[nH]4)[nH]3.COc1cc[c-]cc1.COc1cc[c-]cc1.COc1cc[c-]cc1.COc1cc[c-]cc1.[Zn]. The van der Waals surface area contributed by atoms with Gasteiger partial charge in [-0.2, -0.15) is 72.8 Å². The molecule has 3 aromatic heterocycles. The van der Waals surface area contributed by atoms with E-state index in [1.165, 1.54) is 0 Å². The van der Waals surface area contributed by atoms with E-state index in [0.717, 1.165) is 67.8 Å². The summed E-state index contributed by atoms with van der Waals surface area (Å²) in [5, 5.41) is 0. The number of aromatic amines is 2. The minimum Gasteiger partial charge on any atom is -0.522 e. The minimum atomic E-state index is 0. The number of rotatable bonds is 4. The van der Waals surface area contributed by atoms with E-state index in [4.69, 9.17) is 18.9 Å². The predicted octanol–water partition coefficient (Wildman–Crippen LogP) is 10.6. The molecule has 8 nitrogen and oxygen atoms in total. The molecule has 0 aliphatic carbocycles. The quantitative estimate of drug-likeness (QED) is 0.136. The number of benzene rings is 4. The van der Waals surface area contributed by atoms with Gasteiger partial charge in [0, 0.05) is 64.5 Å². The molecule has 0 unspecified atom stereocenters. The van der Waals surface area contributed by atoms with Crippen LogP contribution in [0.15, 0.2) is 146 Å². The van der Waals surface area contributed by atoms with Gasteiger partial charge in [-0.1, -0.05) is 0 Å². The average Bonchev–Trinajstić information content (AvgIpc) is 4.10. The van der Waals surface area contributed by atoms with Crippen LogP contribution in [-0.4, -0.2) is 48.4 Å². The topological polar surface area (TPSA) is 94.3 Å². The van der Waals surface area contributed by atoms with Crippen molar-refractivity contribution in [2.45, 2.75) is 0 Å². The molecule has 284 valence electrons. The summed E-state index contributed by atoms with van der Waals surface area (Å²) in [5.41, 5.74) is 7.86. The molecule has 9 rings (SSSR count). The summed E-state index contributed by atoms with van der Waals surface area (Å²) < 4.78 is 19.6. The van der Waals surface area contributed by atoms with Crippen molar-refractivity contribution in [1.29, 1.82) is 0 Å². The number of H-pyrrole nitrogens is 2. The fraction of sp³-hybridized carbons (Fsp3) is 0.0833. The molecule has 0 saturated heterocycles. The smallest absolute Gasteiger partial charge is 0.0743 e. The van der Waals surface area contributed by atoms with Gasteiger partial charge in [0.15, 0.2) is 0 Å². The van der Waals surface area contributed by atoms with Gasteiger partial charge in [-0.15, -0.1) is 48.5 Å². The number of nitrogens with one attached hydrogen (secondary N) is 2. The Hall–Kier alpha value is -6.70. The number of methoxy groups -OCH3 is 4. The van der Waals surface area contributed by atoms with Crippen molar-refractivity contribution < 1.29 is 38.4 Å². The molecular weight excluding hydrogens is 762 g/mol. The first-order valence-electron chi connectivity index (χ1n) is 17.6. The van der Waals surface area contributed by atoms with E-state index in [9.17, 15) is 0 Å². The zero-order valence-corrected chi connectivity index (χ0v) is 35.4. The van der Waals surface area contributed by atoms with Crippen LogP contribution in [0.5, 0.6) is 23.0 Å². The molecule has 4 aromatic carbocycles. The molecule has 2 aliphatic heterocycles. The second-order valence-corrected chi connectivity index (χ2v) is 11.7. The number of hydrogen-bond acceptors (Lipinski definition) is 6. The Morgan fingerprint density at radius 3 is 0.842 bits per heavy atom. The van der Waals surface area contributed by atoms with Crippen molar-refractivity contribution in [3.05, 3.63) is 193 Å². The van der Waals surface area contributed by atoms with E-state index in [2.05, 4.69) is 74.5 Å². The Morgan fingerprint density at radius 1 is 0.351 bits per heavy atom. The third-order valence-electron chi connectivity index (χ3n) is 7.74. The second kappa shape index (κ2) is 24.0. The van der Waals surface area contributed by atoms with Crippen molar-refractivity contribution in [2.24, 2.45) is 0 Å². The molecule has 2 N–H and O–H groups in total. The van der Waals surface area contributed by atoms with E-state index >= 15 is 0 Å². The predicted molar refractivity (Wildman–Crippen MR) is 226 cm³/mol.